The summed E-state index contributed by atoms with van der Waals surface area (Å²) in [4.78, 5) is 21.5. The monoisotopic (exact) mass is 224 g/mol. The van der Waals surface area contributed by atoms with Crippen LogP contribution in [0.2, 0.25) is 0 Å². The van der Waals surface area contributed by atoms with E-state index in [1.165, 1.54) is 6.92 Å². The number of carboxylic acid groups (broad SMARTS) is 2. The topological polar surface area (TPSA) is 80.3 Å². The van der Waals surface area contributed by atoms with Gasteiger partial charge in [-0.15, -0.1) is 0 Å². The maximum Gasteiger partial charge on any atom is 2.00 e. The summed E-state index contributed by atoms with van der Waals surface area (Å²) < 4.78 is 0. The fourth-order valence-corrected chi connectivity index (χ4v) is 1.96. The molecule has 5 heteroatoms. The van der Waals surface area contributed by atoms with Gasteiger partial charge >= 0.3 is 37.7 Å². The summed E-state index contributed by atoms with van der Waals surface area (Å²) in [5, 5.41) is 21.5. The number of carboxylic acids is 2. The zero-order valence-corrected chi connectivity index (χ0v) is 10.5. The molecule has 0 spiro atoms. The minimum absolute atomic E-state index is 0. The summed E-state index contributed by atoms with van der Waals surface area (Å²) in [6.07, 6.45) is 2.25. The number of carbonyl (C=O) groups excluding carboxylic acids is 2. The SMILES string of the molecule is CC1(C(=O)[O-])CCCCC1C(=O)[O-].[Ca+2]. The van der Waals surface area contributed by atoms with Gasteiger partial charge in [-0.1, -0.05) is 19.8 Å². The molecule has 1 saturated carbocycles. The van der Waals surface area contributed by atoms with Crippen LogP contribution in [0.3, 0.4) is 0 Å². The van der Waals surface area contributed by atoms with Gasteiger partial charge in [0.25, 0.3) is 0 Å². The third-order valence-corrected chi connectivity index (χ3v) is 2.96. The first kappa shape index (κ1) is 14.2. The predicted octanol–water partition coefficient (Wildman–Crippen LogP) is -1.70. The summed E-state index contributed by atoms with van der Waals surface area (Å²) in [5.41, 5.74) is -1.24. The number of hydrogen-bond donors (Lipinski definition) is 0. The Morgan fingerprint density at radius 2 is 1.86 bits per heavy atom. The zero-order chi connectivity index (χ0) is 10.1. The van der Waals surface area contributed by atoms with Gasteiger partial charge in [0.15, 0.2) is 0 Å². The first-order valence-electron chi connectivity index (χ1n) is 4.41. The van der Waals surface area contributed by atoms with E-state index in [9.17, 15) is 19.8 Å². The third kappa shape index (κ3) is 2.61. The van der Waals surface area contributed by atoms with Crippen LogP contribution in [-0.2, 0) is 9.59 Å². The van der Waals surface area contributed by atoms with Crippen molar-refractivity contribution < 1.29 is 19.8 Å². The van der Waals surface area contributed by atoms with Crippen molar-refractivity contribution in [3.63, 3.8) is 0 Å². The van der Waals surface area contributed by atoms with E-state index < -0.39 is 23.3 Å². The van der Waals surface area contributed by atoms with Crippen LogP contribution in [0, 0.1) is 11.3 Å². The molecule has 0 aromatic rings. The standard InChI is InChI=1S/C9H14O4.Ca/c1-9(8(12)13)5-3-2-4-6(9)7(10)11;/h6H,2-5H2,1H3,(H,10,11)(H,12,13);/q;+2/p-2. The molecule has 0 heterocycles. The van der Waals surface area contributed by atoms with Crippen LogP contribution in [0.1, 0.15) is 32.6 Å². The van der Waals surface area contributed by atoms with Gasteiger partial charge in [-0.25, -0.2) is 0 Å². The van der Waals surface area contributed by atoms with Crippen LogP contribution in [0.15, 0.2) is 0 Å². The predicted molar refractivity (Wildman–Crippen MR) is 45.8 cm³/mol. The van der Waals surface area contributed by atoms with E-state index in [0.29, 0.717) is 12.8 Å². The third-order valence-electron chi connectivity index (χ3n) is 2.96. The Morgan fingerprint density at radius 1 is 1.29 bits per heavy atom. The van der Waals surface area contributed by atoms with Crippen LogP contribution in [0.25, 0.3) is 0 Å². The smallest absolute Gasteiger partial charge is 0.550 e. The van der Waals surface area contributed by atoms with E-state index >= 15 is 0 Å². The molecule has 1 aliphatic carbocycles. The normalized spacial score (nSPS) is 31.6. The van der Waals surface area contributed by atoms with Crippen LogP contribution in [0.5, 0.6) is 0 Å². The fourth-order valence-electron chi connectivity index (χ4n) is 1.96. The Hall–Kier alpha value is 0.200. The van der Waals surface area contributed by atoms with E-state index in [0.717, 1.165) is 12.8 Å². The second kappa shape index (κ2) is 5.33. The van der Waals surface area contributed by atoms with Crippen molar-refractivity contribution in [3.05, 3.63) is 0 Å². The average Bonchev–Trinajstić information content (AvgIpc) is 2.04. The van der Waals surface area contributed by atoms with Crippen LogP contribution >= 0.6 is 0 Å². The minimum Gasteiger partial charge on any atom is -0.550 e. The maximum atomic E-state index is 10.8. The summed E-state index contributed by atoms with van der Waals surface area (Å²) in [6, 6.07) is 0. The van der Waals surface area contributed by atoms with Crippen molar-refractivity contribution in [1.29, 1.82) is 0 Å². The molecule has 0 N–H and O–H groups in total. The number of aliphatic carboxylic acids is 2. The van der Waals surface area contributed by atoms with Gasteiger partial charge in [-0.3, -0.25) is 0 Å². The van der Waals surface area contributed by atoms with Gasteiger partial charge in [0, 0.05) is 23.3 Å². The van der Waals surface area contributed by atoms with Gasteiger partial charge < -0.3 is 19.8 Å². The Morgan fingerprint density at radius 3 is 2.21 bits per heavy atom. The van der Waals surface area contributed by atoms with E-state index in [4.69, 9.17) is 0 Å². The van der Waals surface area contributed by atoms with Crippen LogP contribution in [0.4, 0.5) is 0 Å². The van der Waals surface area contributed by atoms with E-state index in [1.54, 1.807) is 0 Å². The quantitative estimate of drug-likeness (QED) is 0.524. The molecular weight excluding hydrogens is 212 g/mol. The summed E-state index contributed by atoms with van der Waals surface area (Å²) in [5.74, 6) is -3.45. The number of hydrogen-bond acceptors (Lipinski definition) is 4. The molecule has 1 aliphatic rings. The molecule has 1 fully saturated rings. The number of carbonyl (C=O) groups is 2. The van der Waals surface area contributed by atoms with E-state index in [2.05, 4.69) is 0 Å². The Kier molecular flexibility index (Phi) is 5.41. The molecular formula is C9H12CaO4. The van der Waals surface area contributed by atoms with E-state index in [1.807, 2.05) is 0 Å². The van der Waals surface area contributed by atoms with Gasteiger partial charge in [0.05, 0.1) is 0 Å². The van der Waals surface area contributed by atoms with Crippen molar-refractivity contribution in [2.24, 2.45) is 11.3 Å². The molecule has 0 aliphatic heterocycles. The summed E-state index contributed by atoms with van der Waals surface area (Å²) in [7, 11) is 0. The molecule has 0 bridgehead atoms. The molecule has 0 aromatic heterocycles. The molecule has 1 rings (SSSR count). The van der Waals surface area contributed by atoms with Crippen molar-refractivity contribution in [3.8, 4) is 0 Å². The average molecular weight is 224 g/mol. The van der Waals surface area contributed by atoms with Crippen LogP contribution < -0.4 is 10.2 Å². The van der Waals surface area contributed by atoms with Crippen molar-refractivity contribution in [1.82, 2.24) is 0 Å². The Labute approximate surface area is 113 Å². The molecule has 2 atom stereocenters. The molecule has 0 amide bonds. The molecule has 0 aromatic carbocycles. The summed E-state index contributed by atoms with van der Waals surface area (Å²) >= 11 is 0. The second-order valence-electron chi connectivity index (χ2n) is 3.82. The van der Waals surface area contributed by atoms with Crippen molar-refractivity contribution in [2.75, 3.05) is 0 Å². The summed E-state index contributed by atoms with van der Waals surface area (Å²) in [6.45, 7) is 1.43. The van der Waals surface area contributed by atoms with Gasteiger partial charge in [0.2, 0.25) is 0 Å². The molecule has 0 saturated heterocycles. The van der Waals surface area contributed by atoms with Gasteiger partial charge in [0.1, 0.15) is 0 Å². The molecule has 2 unspecified atom stereocenters. The molecule has 0 radical (unpaired) electrons. The first-order valence-corrected chi connectivity index (χ1v) is 4.41. The zero-order valence-electron chi connectivity index (χ0n) is 8.25. The Balaban J connectivity index is 0.00000169. The van der Waals surface area contributed by atoms with Gasteiger partial charge in [-0.2, -0.15) is 0 Å². The largest absolute Gasteiger partial charge is 2.00 e. The minimum atomic E-state index is -1.28. The van der Waals surface area contributed by atoms with Crippen LogP contribution in [-0.4, -0.2) is 49.7 Å². The molecule has 14 heavy (non-hydrogen) atoms. The fraction of sp³-hybridized carbons (Fsp3) is 0.778. The van der Waals surface area contributed by atoms with Crippen molar-refractivity contribution in [2.45, 2.75) is 32.6 Å². The van der Waals surface area contributed by atoms with Crippen molar-refractivity contribution >= 4 is 49.7 Å². The van der Waals surface area contributed by atoms with Gasteiger partial charge in [-0.05, 0) is 12.8 Å². The second-order valence-corrected chi connectivity index (χ2v) is 3.82. The van der Waals surface area contributed by atoms with E-state index in [-0.39, 0.29) is 37.7 Å². The molecule has 4 nitrogen and oxygen atoms in total. The maximum absolute atomic E-state index is 10.8. The first-order chi connectivity index (χ1) is 5.98. The number of rotatable bonds is 2. The Bertz CT molecular complexity index is 241. The molecule has 74 valence electrons.